The number of amides is 1. The van der Waals surface area contributed by atoms with E-state index in [2.05, 4.69) is 19.1 Å². The molecule has 40 heavy (non-hydrogen) atoms. The Labute approximate surface area is 238 Å². The molecule has 0 N–H and O–H groups in total. The third kappa shape index (κ3) is 4.89. The molecule has 0 fully saturated rings. The van der Waals surface area contributed by atoms with Crippen LogP contribution in [-0.4, -0.2) is 25.9 Å². The molecule has 1 amide bonds. The van der Waals surface area contributed by atoms with Crippen LogP contribution in [0.2, 0.25) is 0 Å². The van der Waals surface area contributed by atoms with E-state index in [1.54, 1.807) is 17.0 Å². The lowest BCUT2D eigenvalue weighted by molar-refractivity contribution is 0.0985. The van der Waals surface area contributed by atoms with E-state index in [-0.39, 0.29) is 10.8 Å². The first-order valence-corrected chi connectivity index (χ1v) is 15.5. The van der Waals surface area contributed by atoms with Crippen molar-refractivity contribution < 1.29 is 13.2 Å². The largest absolute Gasteiger partial charge is 0.279 e. The van der Waals surface area contributed by atoms with Gasteiger partial charge in [0.05, 0.1) is 27.3 Å². The minimum absolute atomic E-state index is 0.168. The third-order valence-electron chi connectivity index (χ3n) is 7.24. The van der Waals surface area contributed by atoms with Crippen molar-refractivity contribution >= 4 is 48.3 Å². The molecule has 6 nitrogen and oxygen atoms in total. The summed E-state index contributed by atoms with van der Waals surface area (Å²) >= 11 is 1.49. The first-order chi connectivity index (χ1) is 19.3. The van der Waals surface area contributed by atoms with Crippen molar-refractivity contribution in [1.82, 2.24) is 4.98 Å². The minimum atomic E-state index is -3.77. The maximum Gasteiger partial charge on any atom is 0.264 e. The van der Waals surface area contributed by atoms with Crippen LogP contribution in [0.15, 0.2) is 95.9 Å². The predicted octanol–water partition coefficient (Wildman–Crippen LogP) is 6.90. The molecule has 0 radical (unpaired) electrons. The van der Waals surface area contributed by atoms with Gasteiger partial charge in [-0.1, -0.05) is 65.9 Å². The fourth-order valence-electron chi connectivity index (χ4n) is 5.27. The highest BCUT2D eigenvalue weighted by Gasteiger charge is 2.29. The first-order valence-electron chi connectivity index (χ1n) is 13.3. The van der Waals surface area contributed by atoms with Gasteiger partial charge < -0.3 is 0 Å². The summed E-state index contributed by atoms with van der Waals surface area (Å²) in [7, 11) is -3.77. The van der Waals surface area contributed by atoms with Gasteiger partial charge in [0.15, 0.2) is 5.13 Å². The smallest absolute Gasteiger partial charge is 0.264 e. The SMILES string of the molecule is Cc1cc(C)c2nc(N(Cc3ccccc3)C(=O)c3ccc(S(=O)(=O)N4CCCc5ccccc54)cc3)sc2c1. The van der Waals surface area contributed by atoms with Crippen LogP contribution in [0.5, 0.6) is 0 Å². The number of aromatic nitrogens is 1. The molecule has 4 aromatic carbocycles. The summed E-state index contributed by atoms with van der Waals surface area (Å²) < 4.78 is 29.7. The predicted molar refractivity (Wildman–Crippen MR) is 162 cm³/mol. The summed E-state index contributed by atoms with van der Waals surface area (Å²) in [5.41, 5.74) is 6.24. The maximum absolute atomic E-state index is 13.9. The van der Waals surface area contributed by atoms with E-state index >= 15 is 0 Å². The zero-order valence-electron chi connectivity index (χ0n) is 22.4. The molecule has 1 aromatic heterocycles. The highest BCUT2D eigenvalue weighted by Crippen LogP contribution is 2.34. The molecular weight excluding hydrogens is 539 g/mol. The number of aryl methyl sites for hydroxylation is 3. The molecule has 0 unspecified atom stereocenters. The van der Waals surface area contributed by atoms with E-state index < -0.39 is 10.0 Å². The molecule has 0 aliphatic carbocycles. The molecule has 1 aliphatic heterocycles. The average molecular weight is 568 g/mol. The molecule has 2 heterocycles. The van der Waals surface area contributed by atoms with Crippen LogP contribution in [0.4, 0.5) is 10.8 Å². The zero-order chi connectivity index (χ0) is 27.9. The van der Waals surface area contributed by atoms with Crippen LogP contribution >= 0.6 is 11.3 Å². The Morgan fingerprint density at radius 1 is 0.950 bits per heavy atom. The van der Waals surface area contributed by atoms with Gasteiger partial charge >= 0.3 is 0 Å². The Morgan fingerprint density at radius 3 is 2.45 bits per heavy atom. The van der Waals surface area contributed by atoms with Gasteiger partial charge in [0.1, 0.15) is 0 Å². The van der Waals surface area contributed by atoms with E-state index in [0.717, 1.165) is 51.0 Å². The second-order valence-electron chi connectivity index (χ2n) is 10.1. The molecule has 0 saturated carbocycles. The number of hydrogen-bond acceptors (Lipinski definition) is 5. The lowest BCUT2D eigenvalue weighted by Gasteiger charge is -2.30. The summed E-state index contributed by atoms with van der Waals surface area (Å²) in [6.45, 7) is 4.86. The van der Waals surface area contributed by atoms with Gasteiger partial charge in [-0.3, -0.25) is 14.0 Å². The van der Waals surface area contributed by atoms with Crippen LogP contribution < -0.4 is 9.21 Å². The van der Waals surface area contributed by atoms with Crippen LogP contribution in [-0.2, 0) is 23.0 Å². The Hall–Kier alpha value is -4.01. The van der Waals surface area contributed by atoms with Gasteiger partial charge in [-0.25, -0.2) is 13.4 Å². The quantitative estimate of drug-likeness (QED) is 0.224. The van der Waals surface area contributed by atoms with Crippen LogP contribution in [0.3, 0.4) is 0 Å². The number of anilines is 2. The Bertz CT molecular complexity index is 1810. The number of carbonyl (C=O) groups excluding carboxylic acids is 1. The minimum Gasteiger partial charge on any atom is -0.279 e. The number of carbonyl (C=O) groups is 1. The van der Waals surface area contributed by atoms with Crippen molar-refractivity contribution in [3.8, 4) is 0 Å². The van der Waals surface area contributed by atoms with E-state index in [1.165, 1.54) is 27.8 Å². The number of thiazole rings is 1. The van der Waals surface area contributed by atoms with Crippen molar-refractivity contribution in [3.63, 3.8) is 0 Å². The van der Waals surface area contributed by atoms with Crippen LogP contribution in [0.25, 0.3) is 10.2 Å². The average Bonchev–Trinajstić information content (AvgIpc) is 3.40. The second-order valence-corrected chi connectivity index (χ2v) is 13.0. The van der Waals surface area contributed by atoms with E-state index in [0.29, 0.717) is 23.8 Å². The topological polar surface area (TPSA) is 70.6 Å². The van der Waals surface area contributed by atoms with Crippen molar-refractivity contribution in [1.29, 1.82) is 0 Å². The Kier molecular flexibility index (Phi) is 6.90. The molecule has 0 atom stereocenters. The summed E-state index contributed by atoms with van der Waals surface area (Å²) in [5, 5.41) is 0.610. The molecule has 8 heteroatoms. The van der Waals surface area contributed by atoms with Gasteiger partial charge in [-0.15, -0.1) is 0 Å². The number of nitrogens with zero attached hydrogens (tertiary/aromatic N) is 3. The highest BCUT2D eigenvalue weighted by atomic mass is 32.2. The normalized spacial score (nSPS) is 13.3. The van der Waals surface area contributed by atoms with Crippen LogP contribution in [0.1, 0.15) is 39.0 Å². The van der Waals surface area contributed by atoms with Gasteiger partial charge in [-0.2, -0.15) is 0 Å². The van der Waals surface area contributed by atoms with Gasteiger partial charge in [0, 0.05) is 12.1 Å². The fourth-order valence-corrected chi connectivity index (χ4v) is 7.95. The summed E-state index contributed by atoms with van der Waals surface area (Å²) in [6, 6.07) is 27.9. The monoisotopic (exact) mass is 567 g/mol. The zero-order valence-corrected chi connectivity index (χ0v) is 24.0. The fraction of sp³-hybridized carbons (Fsp3) is 0.188. The number of para-hydroxylation sites is 1. The third-order valence-corrected chi connectivity index (χ3v) is 10.1. The number of fused-ring (bicyclic) bond motifs is 2. The molecule has 0 saturated heterocycles. The van der Waals surface area contributed by atoms with E-state index in [9.17, 15) is 13.2 Å². The van der Waals surface area contributed by atoms with Crippen molar-refractivity contribution in [3.05, 3.63) is 119 Å². The molecule has 0 bridgehead atoms. The molecule has 6 rings (SSSR count). The van der Waals surface area contributed by atoms with Gasteiger partial charge in [0.2, 0.25) is 0 Å². The van der Waals surface area contributed by atoms with E-state index in [4.69, 9.17) is 4.98 Å². The van der Waals surface area contributed by atoms with Crippen molar-refractivity contribution in [2.45, 2.75) is 38.1 Å². The number of benzene rings is 4. The molecule has 5 aromatic rings. The lowest BCUT2D eigenvalue weighted by Crippen LogP contribution is -2.35. The standard InChI is InChI=1S/C32H29N3O3S2/c1-22-19-23(2)30-29(20-22)39-32(33-30)34(21-24-9-4-3-5-10-24)31(36)26-14-16-27(17-15-26)40(37,38)35-18-8-12-25-11-6-7-13-28(25)35/h3-7,9-11,13-17,19-20H,8,12,18,21H2,1-2H3. The molecule has 202 valence electrons. The molecule has 0 spiro atoms. The molecular formula is C32H29N3O3S2. The first kappa shape index (κ1) is 26.2. The lowest BCUT2D eigenvalue weighted by atomic mass is 10.0. The number of hydrogen-bond donors (Lipinski definition) is 0. The summed E-state index contributed by atoms with van der Waals surface area (Å²) in [5.74, 6) is -0.232. The number of rotatable bonds is 6. The van der Waals surface area contributed by atoms with E-state index in [1.807, 2.05) is 61.5 Å². The van der Waals surface area contributed by atoms with Crippen molar-refractivity contribution in [2.75, 3.05) is 15.7 Å². The Balaban J connectivity index is 1.34. The van der Waals surface area contributed by atoms with Crippen LogP contribution in [0, 0.1) is 13.8 Å². The second kappa shape index (κ2) is 10.5. The number of sulfonamides is 1. The highest BCUT2D eigenvalue weighted by molar-refractivity contribution is 7.92. The Morgan fingerprint density at radius 2 is 1.68 bits per heavy atom. The summed E-state index contributed by atoms with van der Waals surface area (Å²) in [4.78, 5) is 20.6. The molecule has 1 aliphatic rings. The maximum atomic E-state index is 13.9. The summed E-state index contributed by atoms with van der Waals surface area (Å²) in [6.07, 6.45) is 1.63. The van der Waals surface area contributed by atoms with Gasteiger partial charge in [-0.05, 0) is 85.3 Å². The van der Waals surface area contributed by atoms with Gasteiger partial charge in [0.25, 0.3) is 15.9 Å². The van der Waals surface area contributed by atoms with Crippen molar-refractivity contribution in [2.24, 2.45) is 0 Å².